The van der Waals surface area contributed by atoms with Crippen LogP contribution in [-0.2, 0) is 12.8 Å². The monoisotopic (exact) mass is 237 g/mol. The van der Waals surface area contributed by atoms with Gasteiger partial charge in [0.15, 0.2) is 5.82 Å². The first-order chi connectivity index (χ1) is 7.70. The van der Waals surface area contributed by atoms with Crippen LogP contribution in [0.1, 0.15) is 25.2 Å². The number of hydrogen-bond acceptors (Lipinski definition) is 5. The lowest BCUT2D eigenvalue weighted by molar-refractivity contribution is 0.421. The standard InChI is InChI=1S/C11H15N3OS/c1-3-8-4-5-16-10(8)11-13-9(14-15-11)6-7(2)12/h4-5,7H,3,6,12H2,1-2H3. The molecule has 0 aliphatic carbocycles. The molecule has 5 heteroatoms. The van der Waals surface area contributed by atoms with Gasteiger partial charge in [-0.15, -0.1) is 11.3 Å². The molecular formula is C11H15N3OS. The highest BCUT2D eigenvalue weighted by molar-refractivity contribution is 7.13. The zero-order valence-electron chi connectivity index (χ0n) is 9.43. The number of aryl methyl sites for hydroxylation is 1. The average Bonchev–Trinajstić information content (AvgIpc) is 2.83. The van der Waals surface area contributed by atoms with Crippen molar-refractivity contribution in [2.24, 2.45) is 5.73 Å². The van der Waals surface area contributed by atoms with Gasteiger partial charge in [-0.25, -0.2) is 0 Å². The Hall–Kier alpha value is -1.20. The van der Waals surface area contributed by atoms with Crippen LogP contribution in [0.3, 0.4) is 0 Å². The first kappa shape index (κ1) is 11.3. The second kappa shape index (κ2) is 4.76. The Labute approximate surface area is 98.5 Å². The summed E-state index contributed by atoms with van der Waals surface area (Å²) >= 11 is 1.63. The summed E-state index contributed by atoms with van der Waals surface area (Å²) in [6.07, 6.45) is 1.63. The van der Waals surface area contributed by atoms with Crippen molar-refractivity contribution in [3.05, 3.63) is 22.8 Å². The number of thiophene rings is 1. The fourth-order valence-electron chi connectivity index (χ4n) is 1.52. The van der Waals surface area contributed by atoms with Crippen LogP contribution in [0.15, 0.2) is 16.0 Å². The normalized spacial score (nSPS) is 12.9. The molecule has 0 radical (unpaired) electrons. The minimum absolute atomic E-state index is 0.0550. The van der Waals surface area contributed by atoms with Crippen molar-refractivity contribution in [1.82, 2.24) is 10.1 Å². The van der Waals surface area contributed by atoms with Crippen molar-refractivity contribution in [2.45, 2.75) is 32.7 Å². The van der Waals surface area contributed by atoms with E-state index >= 15 is 0 Å². The highest BCUT2D eigenvalue weighted by Gasteiger charge is 2.14. The SMILES string of the molecule is CCc1ccsc1-c1nc(CC(C)N)no1. The van der Waals surface area contributed by atoms with Gasteiger partial charge in [0.1, 0.15) is 0 Å². The third-order valence-electron chi connectivity index (χ3n) is 2.29. The maximum Gasteiger partial charge on any atom is 0.268 e. The molecule has 0 fully saturated rings. The lowest BCUT2D eigenvalue weighted by Gasteiger charge is -1.97. The molecule has 0 bridgehead atoms. The molecule has 0 spiro atoms. The summed E-state index contributed by atoms with van der Waals surface area (Å²) in [7, 11) is 0. The van der Waals surface area contributed by atoms with Crippen LogP contribution >= 0.6 is 11.3 Å². The van der Waals surface area contributed by atoms with E-state index < -0.39 is 0 Å². The van der Waals surface area contributed by atoms with E-state index in [9.17, 15) is 0 Å². The first-order valence-electron chi connectivity index (χ1n) is 5.35. The van der Waals surface area contributed by atoms with Crippen LogP contribution in [0.5, 0.6) is 0 Å². The van der Waals surface area contributed by atoms with Gasteiger partial charge in [0, 0.05) is 12.5 Å². The van der Waals surface area contributed by atoms with Crippen molar-refractivity contribution < 1.29 is 4.52 Å². The quantitative estimate of drug-likeness (QED) is 0.885. The molecule has 2 rings (SSSR count). The Kier molecular flexibility index (Phi) is 3.36. The van der Waals surface area contributed by atoms with E-state index in [2.05, 4.69) is 23.1 Å². The van der Waals surface area contributed by atoms with Gasteiger partial charge in [0.25, 0.3) is 5.89 Å². The van der Waals surface area contributed by atoms with Crippen molar-refractivity contribution in [3.63, 3.8) is 0 Å². The summed E-state index contributed by atoms with van der Waals surface area (Å²) in [6, 6.07) is 2.15. The Morgan fingerprint density at radius 2 is 2.38 bits per heavy atom. The number of aromatic nitrogens is 2. The largest absolute Gasteiger partial charge is 0.333 e. The van der Waals surface area contributed by atoms with Gasteiger partial charge < -0.3 is 10.3 Å². The van der Waals surface area contributed by atoms with E-state index in [1.807, 2.05) is 12.3 Å². The summed E-state index contributed by atoms with van der Waals surface area (Å²) in [4.78, 5) is 5.43. The van der Waals surface area contributed by atoms with Crippen molar-refractivity contribution in [3.8, 4) is 10.8 Å². The van der Waals surface area contributed by atoms with Gasteiger partial charge in [-0.2, -0.15) is 4.98 Å². The second-order valence-electron chi connectivity index (χ2n) is 3.83. The third kappa shape index (κ3) is 2.31. The highest BCUT2D eigenvalue weighted by atomic mass is 32.1. The molecular weight excluding hydrogens is 222 g/mol. The van der Waals surface area contributed by atoms with Gasteiger partial charge in [0.05, 0.1) is 4.88 Å². The molecule has 1 unspecified atom stereocenters. The van der Waals surface area contributed by atoms with Crippen LogP contribution < -0.4 is 5.73 Å². The van der Waals surface area contributed by atoms with Gasteiger partial charge in [-0.1, -0.05) is 12.1 Å². The van der Waals surface area contributed by atoms with E-state index in [0.717, 1.165) is 11.3 Å². The molecule has 2 aromatic rings. The zero-order chi connectivity index (χ0) is 11.5. The molecule has 86 valence electrons. The molecule has 2 heterocycles. The summed E-state index contributed by atoms with van der Waals surface area (Å²) < 4.78 is 5.25. The molecule has 0 saturated heterocycles. The van der Waals surface area contributed by atoms with E-state index in [0.29, 0.717) is 18.1 Å². The fourth-order valence-corrected chi connectivity index (χ4v) is 2.43. The number of hydrogen-bond donors (Lipinski definition) is 1. The van der Waals surface area contributed by atoms with Gasteiger partial charge in [-0.05, 0) is 30.4 Å². The topological polar surface area (TPSA) is 64.9 Å². The van der Waals surface area contributed by atoms with Gasteiger partial charge >= 0.3 is 0 Å². The zero-order valence-corrected chi connectivity index (χ0v) is 10.3. The van der Waals surface area contributed by atoms with Crippen LogP contribution in [0.2, 0.25) is 0 Å². The number of nitrogens with two attached hydrogens (primary N) is 1. The summed E-state index contributed by atoms with van der Waals surface area (Å²) in [5, 5.41) is 5.97. The Bertz CT molecular complexity index is 461. The van der Waals surface area contributed by atoms with Crippen molar-refractivity contribution in [1.29, 1.82) is 0 Å². The Balaban J connectivity index is 2.24. The van der Waals surface area contributed by atoms with Crippen LogP contribution in [0.4, 0.5) is 0 Å². The maximum absolute atomic E-state index is 5.69. The van der Waals surface area contributed by atoms with Gasteiger partial charge in [0.2, 0.25) is 0 Å². The smallest absolute Gasteiger partial charge is 0.268 e. The van der Waals surface area contributed by atoms with E-state index in [4.69, 9.17) is 10.3 Å². The third-order valence-corrected chi connectivity index (χ3v) is 3.24. The van der Waals surface area contributed by atoms with E-state index in [1.54, 1.807) is 11.3 Å². The molecule has 1 atom stereocenters. The number of nitrogens with zero attached hydrogens (tertiary/aromatic N) is 2. The Morgan fingerprint density at radius 1 is 1.56 bits per heavy atom. The van der Waals surface area contributed by atoms with Gasteiger partial charge in [-0.3, -0.25) is 0 Å². The molecule has 16 heavy (non-hydrogen) atoms. The molecule has 2 N–H and O–H groups in total. The molecule has 0 aromatic carbocycles. The average molecular weight is 237 g/mol. The van der Waals surface area contributed by atoms with Crippen molar-refractivity contribution in [2.75, 3.05) is 0 Å². The highest BCUT2D eigenvalue weighted by Crippen LogP contribution is 2.28. The van der Waals surface area contributed by atoms with E-state index in [-0.39, 0.29) is 6.04 Å². The summed E-state index contributed by atoms with van der Waals surface area (Å²) in [5.41, 5.74) is 6.94. The molecule has 0 saturated carbocycles. The maximum atomic E-state index is 5.69. The second-order valence-corrected chi connectivity index (χ2v) is 4.74. The summed E-state index contributed by atoms with van der Waals surface area (Å²) in [5.74, 6) is 1.29. The van der Waals surface area contributed by atoms with Crippen LogP contribution in [0, 0.1) is 0 Å². The first-order valence-corrected chi connectivity index (χ1v) is 6.23. The Morgan fingerprint density at radius 3 is 3.06 bits per heavy atom. The number of rotatable bonds is 4. The van der Waals surface area contributed by atoms with Crippen molar-refractivity contribution >= 4 is 11.3 Å². The lowest BCUT2D eigenvalue weighted by atomic mass is 10.2. The minimum Gasteiger partial charge on any atom is -0.333 e. The summed E-state index contributed by atoms with van der Waals surface area (Å²) in [6.45, 7) is 4.05. The molecule has 4 nitrogen and oxygen atoms in total. The predicted molar refractivity (Wildman–Crippen MR) is 64.3 cm³/mol. The fraction of sp³-hybridized carbons (Fsp3) is 0.455. The molecule has 0 aliphatic rings. The minimum atomic E-state index is 0.0550. The van der Waals surface area contributed by atoms with Crippen LogP contribution in [-0.4, -0.2) is 16.2 Å². The molecule has 0 amide bonds. The van der Waals surface area contributed by atoms with Crippen LogP contribution in [0.25, 0.3) is 10.8 Å². The molecule has 0 aliphatic heterocycles. The van der Waals surface area contributed by atoms with E-state index in [1.165, 1.54) is 5.56 Å². The molecule has 2 aromatic heterocycles. The lowest BCUT2D eigenvalue weighted by Crippen LogP contribution is -2.18. The predicted octanol–water partition coefficient (Wildman–Crippen LogP) is 2.25.